The first-order chi connectivity index (χ1) is 11.4. The standard InChI is InChI=1S/C16H19N3O3S2/c1-12(2)10-17-16(23)19-13-5-3-7-15(9-13)24(20,21)18-11-14-6-4-8-22-14/h3-9,18H,1,10-11H2,2H3,(H2,17,19,23). The van der Waals surface area contributed by atoms with Crippen LogP contribution in [0.15, 0.2) is 64.1 Å². The molecule has 3 N–H and O–H groups in total. The van der Waals surface area contributed by atoms with Crippen molar-refractivity contribution in [1.29, 1.82) is 0 Å². The molecular weight excluding hydrogens is 346 g/mol. The SMILES string of the molecule is C=C(C)CNC(=S)Nc1cccc(S(=O)(=O)NCc2ccco2)c1. The molecule has 2 rings (SSSR count). The van der Waals surface area contributed by atoms with Crippen LogP contribution in [0.5, 0.6) is 0 Å². The third-order valence-corrected chi connectivity index (χ3v) is 4.61. The molecule has 1 aromatic heterocycles. The van der Waals surface area contributed by atoms with E-state index in [4.69, 9.17) is 16.6 Å². The Morgan fingerprint density at radius 3 is 2.75 bits per heavy atom. The van der Waals surface area contributed by atoms with Crippen molar-refractivity contribution in [2.75, 3.05) is 11.9 Å². The van der Waals surface area contributed by atoms with Gasteiger partial charge in [-0.05, 0) is 49.5 Å². The molecule has 0 amide bonds. The highest BCUT2D eigenvalue weighted by molar-refractivity contribution is 7.89. The lowest BCUT2D eigenvalue weighted by Crippen LogP contribution is -2.29. The molecule has 0 unspecified atom stereocenters. The number of nitrogens with one attached hydrogen (secondary N) is 3. The maximum absolute atomic E-state index is 12.3. The molecule has 6 nitrogen and oxygen atoms in total. The molecule has 0 saturated heterocycles. The van der Waals surface area contributed by atoms with E-state index in [0.717, 1.165) is 5.57 Å². The van der Waals surface area contributed by atoms with Crippen molar-refractivity contribution in [3.05, 3.63) is 60.6 Å². The van der Waals surface area contributed by atoms with E-state index in [1.54, 1.807) is 24.3 Å². The van der Waals surface area contributed by atoms with Gasteiger partial charge in [0.25, 0.3) is 0 Å². The molecule has 0 spiro atoms. The third-order valence-electron chi connectivity index (χ3n) is 2.97. The minimum Gasteiger partial charge on any atom is -0.468 e. The second-order valence-corrected chi connectivity index (χ2v) is 7.37. The van der Waals surface area contributed by atoms with Gasteiger partial charge in [-0.15, -0.1) is 0 Å². The monoisotopic (exact) mass is 365 g/mol. The quantitative estimate of drug-likeness (QED) is 0.517. The Balaban J connectivity index is 2.02. The van der Waals surface area contributed by atoms with Gasteiger partial charge >= 0.3 is 0 Å². The van der Waals surface area contributed by atoms with Gasteiger partial charge in [0.15, 0.2) is 5.11 Å². The predicted octanol–water partition coefficient (Wildman–Crippen LogP) is 2.62. The van der Waals surface area contributed by atoms with E-state index in [2.05, 4.69) is 21.9 Å². The Bertz CT molecular complexity index is 815. The van der Waals surface area contributed by atoms with Crippen molar-refractivity contribution in [3.8, 4) is 0 Å². The van der Waals surface area contributed by atoms with Crippen LogP contribution in [0, 0.1) is 0 Å². The van der Waals surface area contributed by atoms with E-state index in [0.29, 0.717) is 23.1 Å². The zero-order valence-electron chi connectivity index (χ0n) is 13.2. The number of anilines is 1. The highest BCUT2D eigenvalue weighted by Gasteiger charge is 2.15. The second-order valence-electron chi connectivity index (χ2n) is 5.20. The van der Waals surface area contributed by atoms with E-state index in [9.17, 15) is 8.42 Å². The van der Waals surface area contributed by atoms with Gasteiger partial charge in [-0.1, -0.05) is 18.2 Å². The Morgan fingerprint density at radius 2 is 2.08 bits per heavy atom. The molecule has 0 aliphatic heterocycles. The maximum atomic E-state index is 12.3. The molecule has 1 heterocycles. The molecule has 0 aliphatic carbocycles. The Kier molecular flexibility index (Phi) is 6.13. The number of hydrogen-bond donors (Lipinski definition) is 3. The van der Waals surface area contributed by atoms with Crippen LogP contribution in [0.3, 0.4) is 0 Å². The first-order valence-electron chi connectivity index (χ1n) is 7.18. The van der Waals surface area contributed by atoms with Crippen molar-refractivity contribution in [1.82, 2.24) is 10.0 Å². The van der Waals surface area contributed by atoms with E-state index in [1.807, 2.05) is 6.92 Å². The predicted molar refractivity (Wildman–Crippen MR) is 98.2 cm³/mol. The van der Waals surface area contributed by atoms with Crippen molar-refractivity contribution in [2.45, 2.75) is 18.4 Å². The van der Waals surface area contributed by atoms with Gasteiger partial charge in [0.1, 0.15) is 5.76 Å². The summed E-state index contributed by atoms with van der Waals surface area (Å²) in [5.41, 5.74) is 1.52. The van der Waals surface area contributed by atoms with Gasteiger partial charge in [0.05, 0.1) is 17.7 Å². The average Bonchev–Trinajstić information content (AvgIpc) is 3.05. The van der Waals surface area contributed by atoms with Crippen molar-refractivity contribution in [3.63, 3.8) is 0 Å². The molecule has 1 aromatic carbocycles. The number of benzene rings is 1. The zero-order valence-corrected chi connectivity index (χ0v) is 14.8. The number of furan rings is 1. The Labute approximate surface area is 147 Å². The van der Waals surface area contributed by atoms with Crippen molar-refractivity contribution < 1.29 is 12.8 Å². The molecule has 0 bridgehead atoms. The van der Waals surface area contributed by atoms with E-state index in [1.165, 1.54) is 18.4 Å². The number of hydrogen-bond acceptors (Lipinski definition) is 4. The van der Waals surface area contributed by atoms with E-state index in [-0.39, 0.29) is 11.4 Å². The molecule has 0 fully saturated rings. The fourth-order valence-electron chi connectivity index (χ4n) is 1.81. The molecule has 128 valence electrons. The number of sulfonamides is 1. The zero-order chi connectivity index (χ0) is 17.6. The second kappa shape index (κ2) is 8.09. The smallest absolute Gasteiger partial charge is 0.241 e. The van der Waals surface area contributed by atoms with Crippen molar-refractivity contribution >= 4 is 33.0 Å². The summed E-state index contributed by atoms with van der Waals surface area (Å²) in [5.74, 6) is 0.540. The summed E-state index contributed by atoms with van der Waals surface area (Å²) < 4.78 is 32.3. The van der Waals surface area contributed by atoms with Crippen LogP contribution in [0.1, 0.15) is 12.7 Å². The molecule has 24 heavy (non-hydrogen) atoms. The van der Waals surface area contributed by atoms with Gasteiger partial charge in [-0.25, -0.2) is 13.1 Å². The Morgan fingerprint density at radius 1 is 1.29 bits per heavy atom. The first-order valence-corrected chi connectivity index (χ1v) is 9.07. The van der Waals surface area contributed by atoms with Gasteiger partial charge < -0.3 is 15.1 Å². The lowest BCUT2D eigenvalue weighted by molar-refractivity contribution is 0.498. The molecule has 0 radical (unpaired) electrons. The van der Waals surface area contributed by atoms with Crippen LogP contribution < -0.4 is 15.4 Å². The minimum atomic E-state index is -3.65. The van der Waals surface area contributed by atoms with Crippen LogP contribution in [0.25, 0.3) is 0 Å². The van der Waals surface area contributed by atoms with Crippen LogP contribution >= 0.6 is 12.2 Å². The van der Waals surface area contributed by atoms with Crippen LogP contribution in [0.2, 0.25) is 0 Å². The Hall–Kier alpha value is -2.16. The average molecular weight is 365 g/mol. The molecule has 0 aliphatic rings. The first kappa shape index (κ1) is 18.2. The maximum Gasteiger partial charge on any atom is 0.241 e. The third kappa shape index (κ3) is 5.48. The van der Waals surface area contributed by atoms with E-state index >= 15 is 0 Å². The summed E-state index contributed by atoms with van der Waals surface area (Å²) in [4.78, 5) is 0.141. The highest BCUT2D eigenvalue weighted by Crippen LogP contribution is 2.16. The summed E-state index contributed by atoms with van der Waals surface area (Å²) in [6, 6.07) is 9.81. The topological polar surface area (TPSA) is 83.4 Å². The summed E-state index contributed by atoms with van der Waals surface area (Å²) in [6.45, 7) is 6.30. The molecule has 8 heteroatoms. The molecule has 2 aromatic rings. The summed E-state index contributed by atoms with van der Waals surface area (Å²) >= 11 is 5.16. The summed E-state index contributed by atoms with van der Waals surface area (Å²) in [5, 5.41) is 6.32. The van der Waals surface area contributed by atoms with E-state index < -0.39 is 10.0 Å². The summed E-state index contributed by atoms with van der Waals surface area (Å²) in [6.07, 6.45) is 1.49. The lowest BCUT2D eigenvalue weighted by Gasteiger charge is -2.12. The minimum absolute atomic E-state index is 0.0889. The van der Waals surface area contributed by atoms with Gasteiger partial charge in [0, 0.05) is 12.2 Å². The van der Waals surface area contributed by atoms with Crippen LogP contribution in [0.4, 0.5) is 5.69 Å². The van der Waals surface area contributed by atoms with Crippen molar-refractivity contribution in [2.24, 2.45) is 0 Å². The lowest BCUT2D eigenvalue weighted by atomic mass is 10.3. The van der Waals surface area contributed by atoms with Crippen LogP contribution in [-0.4, -0.2) is 20.1 Å². The van der Waals surface area contributed by atoms with Gasteiger partial charge in [0.2, 0.25) is 10.0 Å². The van der Waals surface area contributed by atoms with Gasteiger partial charge in [-0.2, -0.15) is 0 Å². The molecule has 0 atom stereocenters. The normalized spacial score (nSPS) is 11.0. The van der Waals surface area contributed by atoms with Gasteiger partial charge in [-0.3, -0.25) is 0 Å². The fourth-order valence-corrected chi connectivity index (χ4v) is 3.04. The largest absolute Gasteiger partial charge is 0.468 e. The summed E-state index contributed by atoms with van der Waals surface area (Å²) in [7, 11) is -3.65. The highest BCUT2D eigenvalue weighted by atomic mass is 32.2. The van der Waals surface area contributed by atoms with Crippen LogP contribution in [-0.2, 0) is 16.6 Å². The fraction of sp³-hybridized carbons (Fsp3) is 0.188. The molecule has 0 saturated carbocycles. The molecular formula is C16H19N3O3S2. The number of rotatable bonds is 7. The number of thiocarbonyl (C=S) groups is 1.